The first-order valence-corrected chi connectivity index (χ1v) is 8.31. The molecule has 3 heterocycles. The molecular formula is C20H18N4O2. The molecule has 0 unspecified atom stereocenters. The maximum absolute atomic E-state index is 12.8. The van der Waals surface area contributed by atoms with Crippen molar-refractivity contribution >= 4 is 28.3 Å². The first kappa shape index (κ1) is 16.1. The van der Waals surface area contributed by atoms with Gasteiger partial charge < -0.3 is 9.88 Å². The van der Waals surface area contributed by atoms with Gasteiger partial charge in [-0.05, 0) is 49.2 Å². The number of pyridine rings is 1. The van der Waals surface area contributed by atoms with Gasteiger partial charge in [-0.2, -0.15) is 0 Å². The number of rotatable bonds is 2. The van der Waals surface area contributed by atoms with Gasteiger partial charge in [0.05, 0.1) is 5.39 Å². The molecule has 4 rings (SSSR count). The van der Waals surface area contributed by atoms with E-state index in [2.05, 4.69) is 10.3 Å². The highest BCUT2D eigenvalue weighted by Gasteiger charge is 2.18. The highest BCUT2D eigenvalue weighted by molar-refractivity contribution is 6.06. The van der Waals surface area contributed by atoms with Gasteiger partial charge in [-0.1, -0.05) is 18.2 Å². The summed E-state index contributed by atoms with van der Waals surface area (Å²) in [5.41, 5.74) is 4.05. The summed E-state index contributed by atoms with van der Waals surface area (Å²) < 4.78 is 3.14. The molecule has 0 fully saturated rings. The molecule has 3 aromatic heterocycles. The number of carbonyl (C=O) groups is 1. The minimum Gasteiger partial charge on any atom is -0.324 e. The Bertz CT molecular complexity index is 1230. The predicted molar refractivity (Wildman–Crippen MR) is 102 cm³/mol. The van der Waals surface area contributed by atoms with E-state index in [0.29, 0.717) is 22.4 Å². The van der Waals surface area contributed by atoms with E-state index < -0.39 is 0 Å². The lowest BCUT2D eigenvalue weighted by atomic mass is 10.1. The van der Waals surface area contributed by atoms with Crippen LogP contribution in [0.15, 0.2) is 53.5 Å². The van der Waals surface area contributed by atoms with Crippen LogP contribution in [-0.4, -0.2) is 19.9 Å². The van der Waals surface area contributed by atoms with Crippen molar-refractivity contribution in [1.82, 2.24) is 14.0 Å². The standard InChI is InChI=1S/C20H18N4O2/c1-12-7-8-13(2)15(10-12)21-19(25)16-11-14-18(23(16)3)22-17-6-4-5-9-24(17)20(14)26/h4-11H,1-3H3,(H,21,25). The van der Waals surface area contributed by atoms with Gasteiger partial charge in [0.15, 0.2) is 0 Å². The molecule has 1 aromatic carbocycles. The fraction of sp³-hybridized carbons (Fsp3) is 0.150. The largest absolute Gasteiger partial charge is 0.324 e. The minimum absolute atomic E-state index is 0.188. The Kier molecular flexibility index (Phi) is 3.61. The summed E-state index contributed by atoms with van der Waals surface area (Å²) in [6.07, 6.45) is 1.67. The Morgan fingerprint density at radius 1 is 1.12 bits per heavy atom. The molecule has 0 saturated carbocycles. The minimum atomic E-state index is -0.271. The molecule has 0 aliphatic heterocycles. The number of amides is 1. The molecule has 1 amide bonds. The van der Waals surface area contributed by atoms with Gasteiger partial charge >= 0.3 is 0 Å². The second kappa shape index (κ2) is 5.84. The van der Waals surface area contributed by atoms with Crippen LogP contribution in [0.1, 0.15) is 21.6 Å². The third-order valence-electron chi connectivity index (χ3n) is 4.58. The van der Waals surface area contributed by atoms with Crippen molar-refractivity contribution in [2.75, 3.05) is 5.32 Å². The first-order chi connectivity index (χ1) is 12.5. The van der Waals surface area contributed by atoms with E-state index in [0.717, 1.165) is 16.8 Å². The molecule has 0 bridgehead atoms. The van der Waals surface area contributed by atoms with Gasteiger partial charge in [0.1, 0.15) is 17.0 Å². The average molecular weight is 346 g/mol. The molecule has 0 aliphatic carbocycles. The zero-order valence-electron chi connectivity index (χ0n) is 14.8. The smallest absolute Gasteiger partial charge is 0.272 e. The molecule has 0 spiro atoms. The quantitative estimate of drug-likeness (QED) is 0.606. The summed E-state index contributed by atoms with van der Waals surface area (Å²) in [6.45, 7) is 3.92. The fourth-order valence-corrected chi connectivity index (χ4v) is 3.10. The van der Waals surface area contributed by atoms with Gasteiger partial charge in [0.25, 0.3) is 11.5 Å². The monoisotopic (exact) mass is 346 g/mol. The highest BCUT2D eigenvalue weighted by Crippen LogP contribution is 2.20. The van der Waals surface area contributed by atoms with E-state index in [1.165, 1.54) is 4.40 Å². The molecule has 130 valence electrons. The number of hydrogen-bond donors (Lipinski definition) is 1. The van der Waals surface area contributed by atoms with Crippen LogP contribution in [0.2, 0.25) is 0 Å². The third kappa shape index (κ3) is 2.47. The van der Waals surface area contributed by atoms with E-state index in [9.17, 15) is 9.59 Å². The molecular weight excluding hydrogens is 328 g/mol. The van der Waals surface area contributed by atoms with Crippen molar-refractivity contribution in [2.24, 2.45) is 7.05 Å². The molecule has 26 heavy (non-hydrogen) atoms. The number of nitrogens with zero attached hydrogens (tertiary/aromatic N) is 3. The average Bonchev–Trinajstić information content (AvgIpc) is 2.96. The normalized spacial score (nSPS) is 11.2. The molecule has 0 saturated heterocycles. The summed E-state index contributed by atoms with van der Waals surface area (Å²) in [6, 6.07) is 12.9. The number of benzene rings is 1. The zero-order valence-corrected chi connectivity index (χ0v) is 14.8. The van der Waals surface area contributed by atoms with Crippen molar-refractivity contribution in [1.29, 1.82) is 0 Å². The van der Waals surface area contributed by atoms with Crippen molar-refractivity contribution in [3.05, 3.63) is 75.8 Å². The van der Waals surface area contributed by atoms with E-state index >= 15 is 0 Å². The van der Waals surface area contributed by atoms with Crippen molar-refractivity contribution in [3.8, 4) is 0 Å². The highest BCUT2D eigenvalue weighted by atomic mass is 16.2. The predicted octanol–water partition coefficient (Wildman–Crippen LogP) is 3.06. The van der Waals surface area contributed by atoms with Crippen LogP contribution in [0.4, 0.5) is 5.69 Å². The van der Waals surface area contributed by atoms with Crippen LogP contribution in [-0.2, 0) is 7.05 Å². The number of nitrogens with one attached hydrogen (secondary N) is 1. The lowest BCUT2D eigenvalue weighted by molar-refractivity contribution is 0.101. The Morgan fingerprint density at radius 3 is 2.73 bits per heavy atom. The number of anilines is 1. The number of aryl methyl sites for hydroxylation is 3. The first-order valence-electron chi connectivity index (χ1n) is 8.31. The van der Waals surface area contributed by atoms with E-state index in [-0.39, 0.29) is 11.5 Å². The van der Waals surface area contributed by atoms with Crippen LogP contribution in [0.5, 0.6) is 0 Å². The number of carbonyl (C=O) groups excluding carboxylic acids is 1. The maximum Gasteiger partial charge on any atom is 0.272 e. The molecule has 4 aromatic rings. The summed E-state index contributed by atoms with van der Waals surface area (Å²) in [5.74, 6) is -0.271. The van der Waals surface area contributed by atoms with Crippen LogP contribution < -0.4 is 10.9 Å². The van der Waals surface area contributed by atoms with Crippen LogP contribution >= 0.6 is 0 Å². The zero-order chi connectivity index (χ0) is 18.4. The molecule has 6 nitrogen and oxygen atoms in total. The van der Waals surface area contributed by atoms with Crippen molar-refractivity contribution in [2.45, 2.75) is 13.8 Å². The fourth-order valence-electron chi connectivity index (χ4n) is 3.10. The lowest BCUT2D eigenvalue weighted by Crippen LogP contribution is -2.16. The molecule has 0 atom stereocenters. The van der Waals surface area contributed by atoms with Crippen molar-refractivity contribution in [3.63, 3.8) is 0 Å². The number of aromatic nitrogens is 3. The van der Waals surface area contributed by atoms with E-state index in [1.54, 1.807) is 36.0 Å². The third-order valence-corrected chi connectivity index (χ3v) is 4.58. The summed E-state index contributed by atoms with van der Waals surface area (Å²) >= 11 is 0. The Hall–Kier alpha value is -3.41. The SMILES string of the molecule is Cc1ccc(C)c(NC(=O)c2cc3c(=O)n4ccccc4nc3n2C)c1. The maximum atomic E-state index is 12.8. The van der Waals surface area contributed by atoms with Crippen molar-refractivity contribution < 1.29 is 4.79 Å². The van der Waals surface area contributed by atoms with Gasteiger partial charge in [-0.3, -0.25) is 14.0 Å². The van der Waals surface area contributed by atoms with Gasteiger partial charge in [-0.15, -0.1) is 0 Å². The molecule has 0 radical (unpaired) electrons. The number of hydrogen-bond acceptors (Lipinski definition) is 3. The summed E-state index contributed by atoms with van der Waals surface area (Å²) in [4.78, 5) is 30.0. The molecule has 0 aliphatic rings. The van der Waals surface area contributed by atoms with Crippen LogP contribution in [0.25, 0.3) is 16.7 Å². The Labute approximate surface area is 149 Å². The van der Waals surface area contributed by atoms with E-state index in [1.807, 2.05) is 38.1 Å². The number of fused-ring (bicyclic) bond motifs is 2. The summed E-state index contributed by atoms with van der Waals surface area (Å²) in [7, 11) is 1.74. The van der Waals surface area contributed by atoms with Gasteiger partial charge in [0.2, 0.25) is 0 Å². The summed E-state index contributed by atoms with van der Waals surface area (Å²) in [5, 5.41) is 3.35. The van der Waals surface area contributed by atoms with Crippen LogP contribution in [0, 0.1) is 13.8 Å². The van der Waals surface area contributed by atoms with Gasteiger partial charge in [-0.25, -0.2) is 4.98 Å². The Balaban J connectivity index is 1.84. The molecule has 1 N–H and O–H groups in total. The molecule has 6 heteroatoms. The second-order valence-corrected chi connectivity index (χ2v) is 6.44. The topological polar surface area (TPSA) is 68.4 Å². The Morgan fingerprint density at radius 2 is 1.92 bits per heavy atom. The van der Waals surface area contributed by atoms with Gasteiger partial charge in [0, 0.05) is 18.9 Å². The van der Waals surface area contributed by atoms with Crippen LogP contribution in [0.3, 0.4) is 0 Å². The van der Waals surface area contributed by atoms with E-state index in [4.69, 9.17) is 0 Å². The lowest BCUT2D eigenvalue weighted by Gasteiger charge is -2.10. The second-order valence-electron chi connectivity index (χ2n) is 6.44.